The van der Waals surface area contributed by atoms with Gasteiger partial charge in [0.2, 0.25) is 11.8 Å². The Kier molecular flexibility index (Phi) is 7.79. The van der Waals surface area contributed by atoms with E-state index in [4.69, 9.17) is 0 Å². The maximum Gasteiger partial charge on any atom is 0.226 e. The van der Waals surface area contributed by atoms with Crippen molar-refractivity contribution in [3.63, 3.8) is 0 Å². The van der Waals surface area contributed by atoms with Gasteiger partial charge in [-0.1, -0.05) is 43.5 Å². The summed E-state index contributed by atoms with van der Waals surface area (Å²) in [5.74, 6) is 0.968. The van der Waals surface area contributed by atoms with Gasteiger partial charge in [-0.15, -0.1) is 0 Å². The highest BCUT2D eigenvalue weighted by Crippen LogP contribution is 2.37. The number of aromatic nitrogens is 1. The maximum absolute atomic E-state index is 13.2. The Bertz CT molecular complexity index is 912. The summed E-state index contributed by atoms with van der Waals surface area (Å²) in [4.78, 5) is 32.2. The Morgan fingerprint density at radius 2 is 1.61 bits per heavy atom. The molecule has 2 heterocycles. The highest BCUT2D eigenvalue weighted by molar-refractivity contribution is 5.84. The van der Waals surface area contributed by atoms with E-state index in [2.05, 4.69) is 34.6 Å². The van der Waals surface area contributed by atoms with E-state index in [0.29, 0.717) is 38.4 Å². The third-order valence-corrected chi connectivity index (χ3v) is 7.59. The van der Waals surface area contributed by atoms with Crippen molar-refractivity contribution >= 4 is 11.8 Å². The highest BCUT2D eigenvalue weighted by atomic mass is 16.2. The van der Waals surface area contributed by atoms with E-state index in [9.17, 15) is 9.59 Å². The number of benzene rings is 1. The van der Waals surface area contributed by atoms with Crippen LogP contribution in [0.1, 0.15) is 63.9 Å². The van der Waals surface area contributed by atoms with Crippen LogP contribution in [-0.2, 0) is 16.0 Å². The lowest BCUT2D eigenvalue weighted by Gasteiger charge is -2.41. The van der Waals surface area contributed by atoms with Gasteiger partial charge in [-0.2, -0.15) is 0 Å². The Balaban J connectivity index is 1.42. The molecule has 4 rings (SSSR count). The summed E-state index contributed by atoms with van der Waals surface area (Å²) in [6, 6.07) is 12.5. The number of nitrogens with zero attached hydrogens (tertiary/aromatic N) is 2. The third kappa shape index (κ3) is 5.82. The quantitative estimate of drug-likeness (QED) is 0.649. The van der Waals surface area contributed by atoms with E-state index < -0.39 is 5.41 Å². The van der Waals surface area contributed by atoms with Gasteiger partial charge in [0.15, 0.2) is 0 Å². The van der Waals surface area contributed by atoms with Crippen molar-refractivity contribution in [2.45, 2.75) is 64.7 Å². The zero-order valence-corrected chi connectivity index (χ0v) is 19.9. The van der Waals surface area contributed by atoms with Crippen molar-refractivity contribution < 1.29 is 9.59 Å². The molecular formula is C28H37N3O2. The van der Waals surface area contributed by atoms with Crippen LogP contribution in [0.25, 0.3) is 11.1 Å². The van der Waals surface area contributed by atoms with Gasteiger partial charge in [-0.25, -0.2) is 0 Å². The average molecular weight is 448 g/mol. The summed E-state index contributed by atoms with van der Waals surface area (Å²) in [5, 5.41) is 3.07. The van der Waals surface area contributed by atoms with E-state index >= 15 is 0 Å². The van der Waals surface area contributed by atoms with Crippen LogP contribution in [0.5, 0.6) is 0 Å². The van der Waals surface area contributed by atoms with Crippen LogP contribution in [0.4, 0.5) is 0 Å². The zero-order chi connectivity index (χ0) is 23.1. The van der Waals surface area contributed by atoms with Crippen molar-refractivity contribution in [2.75, 3.05) is 19.6 Å². The smallest absolute Gasteiger partial charge is 0.226 e. The van der Waals surface area contributed by atoms with E-state index in [0.717, 1.165) is 24.0 Å². The van der Waals surface area contributed by atoms with Crippen LogP contribution in [0.2, 0.25) is 0 Å². The van der Waals surface area contributed by atoms with Gasteiger partial charge in [0.05, 0.1) is 5.41 Å². The zero-order valence-electron chi connectivity index (χ0n) is 19.9. The predicted octanol–water partition coefficient (Wildman–Crippen LogP) is 5.01. The first-order valence-corrected chi connectivity index (χ1v) is 12.6. The van der Waals surface area contributed by atoms with Crippen molar-refractivity contribution in [1.29, 1.82) is 0 Å². The first-order valence-electron chi connectivity index (χ1n) is 12.6. The minimum atomic E-state index is -0.449. The SMILES string of the molecule is CCNC(=O)C1(Cc2ccc(-c3ccncc3)cc2)CCN(C(=O)CC2CCCCC2)CC1. The molecule has 1 N–H and O–H groups in total. The molecule has 5 heteroatoms. The van der Waals surface area contributed by atoms with Crippen molar-refractivity contribution in [2.24, 2.45) is 11.3 Å². The number of rotatable bonds is 7. The molecule has 1 saturated heterocycles. The summed E-state index contributed by atoms with van der Waals surface area (Å²) >= 11 is 0. The average Bonchev–Trinajstić information content (AvgIpc) is 2.86. The molecule has 1 aliphatic heterocycles. The lowest BCUT2D eigenvalue weighted by molar-refractivity contribution is -0.141. The Morgan fingerprint density at radius 1 is 0.970 bits per heavy atom. The summed E-state index contributed by atoms with van der Waals surface area (Å²) < 4.78 is 0. The van der Waals surface area contributed by atoms with E-state index in [-0.39, 0.29) is 11.8 Å². The lowest BCUT2D eigenvalue weighted by atomic mass is 9.72. The number of pyridine rings is 1. The number of piperidine rings is 1. The molecule has 1 aliphatic carbocycles. The molecule has 1 saturated carbocycles. The molecule has 0 atom stereocenters. The standard InChI is InChI=1S/C28H37N3O2/c1-2-30-27(33)28(21-23-8-10-24(11-9-23)25-12-16-29-17-13-25)14-18-31(19-15-28)26(32)20-22-6-4-3-5-7-22/h8-13,16-17,22H,2-7,14-15,18-21H2,1H3,(H,30,33). The largest absolute Gasteiger partial charge is 0.356 e. The number of nitrogens with one attached hydrogen (secondary N) is 1. The topological polar surface area (TPSA) is 62.3 Å². The third-order valence-electron chi connectivity index (χ3n) is 7.59. The fourth-order valence-corrected chi connectivity index (χ4v) is 5.53. The van der Waals surface area contributed by atoms with Crippen LogP contribution in [0.3, 0.4) is 0 Å². The maximum atomic E-state index is 13.2. The van der Waals surface area contributed by atoms with Crippen LogP contribution < -0.4 is 5.32 Å². The van der Waals surface area contributed by atoms with Crippen molar-refractivity contribution in [3.05, 3.63) is 54.4 Å². The number of carbonyl (C=O) groups excluding carboxylic acids is 2. The van der Waals surface area contributed by atoms with Gasteiger partial charge < -0.3 is 10.2 Å². The van der Waals surface area contributed by atoms with Gasteiger partial charge in [0.25, 0.3) is 0 Å². The molecule has 0 bridgehead atoms. The summed E-state index contributed by atoms with van der Waals surface area (Å²) in [5.41, 5.74) is 3.01. The second kappa shape index (κ2) is 11.0. The van der Waals surface area contributed by atoms with Gasteiger partial charge in [0.1, 0.15) is 0 Å². The fraction of sp³-hybridized carbons (Fsp3) is 0.536. The molecule has 2 aromatic rings. The normalized spacial score (nSPS) is 18.6. The van der Waals surface area contributed by atoms with Crippen LogP contribution in [0.15, 0.2) is 48.8 Å². The molecular weight excluding hydrogens is 410 g/mol. The van der Waals surface area contributed by atoms with E-state index in [1.807, 2.05) is 24.0 Å². The molecule has 0 radical (unpaired) electrons. The Hall–Kier alpha value is -2.69. The first-order chi connectivity index (χ1) is 16.1. The summed E-state index contributed by atoms with van der Waals surface area (Å²) in [6.07, 6.45) is 12.7. The number of hydrogen-bond donors (Lipinski definition) is 1. The monoisotopic (exact) mass is 447 g/mol. The van der Waals surface area contributed by atoms with Gasteiger partial charge >= 0.3 is 0 Å². The van der Waals surface area contributed by atoms with Crippen LogP contribution in [-0.4, -0.2) is 41.3 Å². The van der Waals surface area contributed by atoms with Crippen molar-refractivity contribution in [1.82, 2.24) is 15.2 Å². The fourth-order valence-electron chi connectivity index (χ4n) is 5.53. The Morgan fingerprint density at radius 3 is 2.24 bits per heavy atom. The molecule has 2 fully saturated rings. The van der Waals surface area contributed by atoms with Gasteiger partial charge in [-0.3, -0.25) is 14.6 Å². The number of hydrogen-bond acceptors (Lipinski definition) is 3. The van der Waals surface area contributed by atoms with E-state index in [1.165, 1.54) is 37.7 Å². The Labute approximate surface area is 198 Å². The van der Waals surface area contributed by atoms with E-state index in [1.54, 1.807) is 12.4 Å². The van der Waals surface area contributed by atoms with Crippen LogP contribution >= 0.6 is 0 Å². The summed E-state index contributed by atoms with van der Waals surface area (Å²) in [7, 11) is 0. The molecule has 33 heavy (non-hydrogen) atoms. The molecule has 1 aromatic heterocycles. The molecule has 1 aromatic carbocycles. The number of likely N-dealkylation sites (tertiary alicyclic amines) is 1. The lowest BCUT2D eigenvalue weighted by Crippen LogP contribution is -2.51. The molecule has 2 amide bonds. The van der Waals surface area contributed by atoms with Crippen LogP contribution in [0, 0.1) is 11.3 Å². The van der Waals surface area contributed by atoms with Crippen molar-refractivity contribution in [3.8, 4) is 11.1 Å². The van der Waals surface area contributed by atoms with Gasteiger partial charge in [0, 0.05) is 38.4 Å². The summed E-state index contributed by atoms with van der Waals surface area (Å²) in [6.45, 7) is 3.96. The number of amides is 2. The molecule has 176 valence electrons. The minimum Gasteiger partial charge on any atom is -0.356 e. The second-order valence-corrected chi connectivity index (χ2v) is 9.84. The molecule has 2 aliphatic rings. The minimum absolute atomic E-state index is 0.127. The number of carbonyl (C=O) groups is 2. The molecule has 0 spiro atoms. The van der Waals surface area contributed by atoms with Gasteiger partial charge in [-0.05, 0) is 73.8 Å². The molecule has 5 nitrogen and oxygen atoms in total. The first kappa shape index (κ1) is 23.5. The molecule has 0 unspecified atom stereocenters. The predicted molar refractivity (Wildman–Crippen MR) is 131 cm³/mol. The highest BCUT2D eigenvalue weighted by Gasteiger charge is 2.42. The second-order valence-electron chi connectivity index (χ2n) is 9.84.